The van der Waals surface area contributed by atoms with Crippen molar-refractivity contribution >= 4 is 17.7 Å². The van der Waals surface area contributed by atoms with Crippen LogP contribution in [0.5, 0.6) is 0 Å². The molecule has 0 saturated heterocycles. The Morgan fingerprint density at radius 2 is 1.93 bits per heavy atom. The minimum atomic E-state index is -4.22. The molecule has 0 fully saturated rings. The SMILES string of the molecule is CC(C)(NCCSC(F)(F)F)C(N)=O. The summed E-state index contributed by atoms with van der Waals surface area (Å²) in [5.74, 6) is -0.727. The second kappa shape index (κ2) is 4.88. The second-order valence-electron chi connectivity index (χ2n) is 3.21. The Balaban J connectivity index is 3.70. The molecule has 0 bridgehead atoms. The Kier molecular flexibility index (Phi) is 4.73. The summed E-state index contributed by atoms with van der Waals surface area (Å²) in [4.78, 5) is 10.7. The van der Waals surface area contributed by atoms with Crippen molar-refractivity contribution in [2.24, 2.45) is 5.73 Å². The predicted molar refractivity (Wildman–Crippen MR) is 49.8 cm³/mol. The maximum atomic E-state index is 11.7. The first-order valence-electron chi connectivity index (χ1n) is 3.91. The fourth-order valence-corrected chi connectivity index (χ4v) is 1.05. The van der Waals surface area contributed by atoms with Gasteiger partial charge in [-0.3, -0.25) is 4.79 Å². The lowest BCUT2D eigenvalue weighted by molar-refractivity contribution is -0.123. The zero-order chi connectivity index (χ0) is 11.4. The molecule has 0 saturated carbocycles. The van der Waals surface area contributed by atoms with E-state index in [-0.39, 0.29) is 24.1 Å². The molecule has 7 heteroatoms. The molecular weight excluding hydrogens is 217 g/mol. The Morgan fingerprint density at radius 3 is 2.29 bits per heavy atom. The van der Waals surface area contributed by atoms with E-state index in [2.05, 4.69) is 5.32 Å². The highest BCUT2D eigenvalue weighted by molar-refractivity contribution is 8.00. The van der Waals surface area contributed by atoms with E-state index in [4.69, 9.17) is 5.73 Å². The molecule has 84 valence electrons. The highest BCUT2D eigenvalue weighted by Gasteiger charge is 2.28. The van der Waals surface area contributed by atoms with Crippen molar-refractivity contribution in [2.75, 3.05) is 12.3 Å². The molecule has 0 rings (SSSR count). The van der Waals surface area contributed by atoms with E-state index in [1.165, 1.54) is 13.8 Å². The van der Waals surface area contributed by atoms with E-state index in [0.29, 0.717) is 0 Å². The highest BCUT2D eigenvalue weighted by Crippen LogP contribution is 2.29. The van der Waals surface area contributed by atoms with Crippen LogP contribution in [0.1, 0.15) is 13.8 Å². The summed E-state index contributed by atoms with van der Waals surface area (Å²) < 4.78 is 35.0. The molecule has 0 aliphatic rings. The van der Waals surface area contributed by atoms with Gasteiger partial charge in [0, 0.05) is 12.3 Å². The maximum Gasteiger partial charge on any atom is 0.441 e. The third-order valence-corrected chi connectivity index (χ3v) is 2.29. The van der Waals surface area contributed by atoms with Gasteiger partial charge in [0.1, 0.15) is 0 Å². The molecule has 14 heavy (non-hydrogen) atoms. The number of amides is 1. The zero-order valence-corrected chi connectivity index (χ0v) is 8.76. The molecule has 1 amide bonds. The number of primary amides is 1. The second-order valence-corrected chi connectivity index (χ2v) is 4.37. The Hall–Kier alpha value is -0.430. The van der Waals surface area contributed by atoms with Crippen LogP contribution in [0, 0.1) is 0 Å². The third kappa shape index (κ3) is 6.09. The minimum absolute atomic E-state index is 0.0834. The lowest BCUT2D eigenvalue weighted by Crippen LogP contribution is -2.51. The molecule has 0 heterocycles. The first-order valence-corrected chi connectivity index (χ1v) is 4.89. The lowest BCUT2D eigenvalue weighted by Gasteiger charge is -2.22. The van der Waals surface area contributed by atoms with Crippen LogP contribution in [0.3, 0.4) is 0 Å². The number of alkyl halides is 3. The smallest absolute Gasteiger partial charge is 0.368 e. The van der Waals surface area contributed by atoms with Gasteiger partial charge in [0.25, 0.3) is 0 Å². The standard InChI is InChI=1S/C7H13F3N2OS/c1-6(2,5(11)13)12-3-4-14-7(8,9)10/h12H,3-4H2,1-2H3,(H2,11,13). The molecule has 0 aromatic rings. The maximum absolute atomic E-state index is 11.7. The van der Waals surface area contributed by atoms with Gasteiger partial charge < -0.3 is 11.1 Å². The number of nitrogens with one attached hydrogen (secondary N) is 1. The normalized spacial score (nSPS) is 12.9. The van der Waals surface area contributed by atoms with Gasteiger partial charge in [0.05, 0.1) is 5.54 Å². The lowest BCUT2D eigenvalue weighted by atomic mass is 10.1. The van der Waals surface area contributed by atoms with Crippen molar-refractivity contribution in [3.8, 4) is 0 Å². The number of carbonyl (C=O) groups excluding carboxylic acids is 1. The highest BCUT2D eigenvalue weighted by atomic mass is 32.2. The van der Waals surface area contributed by atoms with E-state index in [1.54, 1.807) is 0 Å². The summed E-state index contributed by atoms with van der Waals surface area (Å²) in [5.41, 5.74) is -0.182. The predicted octanol–water partition coefficient (Wildman–Crippen LogP) is 1.09. The van der Waals surface area contributed by atoms with Gasteiger partial charge in [-0.1, -0.05) is 0 Å². The summed E-state index contributed by atoms with van der Waals surface area (Å²) in [5, 5.41) is 2.64. The van der Waals surface area contributed by atoms with E-state index in [0.717, 1.165) is 0 Å². The summed E-state index contributed by atoms with van der Waals surface area (Å²) in [6.45, 7) is 3.13. The van der Waals surface area contributed by atoms with Crippen LogP contribution >= 0.6 is 11.8 Å². The number of hydrogen-bond donors (Lipinski definition) is 2. The van der Waals surface area contributed by atoms with Crippen LogP contribution in [-0.4, -0.2) is 29.3 Å². The number of rotatable bonds is 5. The molecule has 0 aromatic carbocycles. The van der Waals surface area contributed by atoms with Crippen molar-refractivity contribution in [3.05, 3.63) is 0 Å². The van der Waals surface area contributed by atoms with Crippen molar-refractivity contribution in [3.63, 3.8) is 0 Å². The van der Waals surface area contributed by atoms with E-state index in [1.807, 2.05) is 0 Å². The first-order chi connectivity index (χ1) is 6.15. The van der Waals surface area contributed by atoms with Gasteiger partial charge in [0.2, 0.25) is 5.91 Å². The van der Waals surface area contributed by atoms with Gasteiger partial charge in [-0.15, -0.1) is 0 Å². The van der Waals surface area contributed by atoms with Crippen molar-refractivity contribution < 1.29 is 18.0 Å². The van der Waals surface area contributed by atoms with Crippen LogP contribution < -0.4 is 11.1 Å². The first kappa shape index (κ1) is 13.6. The van der Waals surface area contributed by atoms with Crippen LogP contribution in [0.2, 0.25) is 0 Å². The van der Waals surface area contributed by atoms with Crippen molar-refractivity contribution in [1.82, 2.24) is 5.32 Å². The minimum Gasteiger partial charge on any atom is -0.368 e. The molecule has 0 spiro atoms. The van der Waals surface area contributed by atoms with Gasteiger partial charge in [0.15, 0.2) is 0 Å². The summed E-state index contributed by atoms with van der Waals surface area (Å²) >= 11 is -0.129. The van der Waals surface area contributed by atoms with Crippen LogP contribution in [0.15, 0.2) is 0 Å². The van der Waals surface area contributed by atoms with Gasteiger partial charge in [-0.05, 0) is 25.6 Å². The molecule has 3 nitrogen and oxygen atoms in total. The van der Waals surface area contributed by atoms with Crippen molar-refractivity contribution in [2.45, 2.75) is 24.9 Å². The summed E-state index contributed by atoms with van der Waals surface area (Å²) in [6.07, 6.45) is 0. The molecule has 0 atom stereocenters. The fourth-order valence-electron chi connectivity index (χ4n) is 0.617. The molecule has 0 aromatic heterocycles. The zero-order valence-electron chi connectivity index (χ0n) is 7.94. The average Bonchev–Trinajstić information content (AvgIpc) is 1.96. The summed E-state index contributed by atoms with van der Waals surface area (Å²) in [6, 6.07) is 0. The van der Waals surface area contributed by atoms with Crippen molar-refractivity contribution in [1.29, 1.82) is 0 Å². The fraction of sp³-hybridized carbons (Fsp3) is 0.857. The number of carbonyl (C=O) groups is 1. The number of halogens is 3. The number of thioether (sulfide) groups is 1. The van der Waals surface area contributed by atoms with E-state index < -0.39 is 17.0 Å². The number of nitrogens with two attached hydrogens (primary N) is 1. The van der Waals surface area contributed by atoms with Crippen LogP contribution in [-0.2, 0) is 4.79 Å². The third-order valence-electron chi connectivity index (χ3n) is 1.55. The van der Waals surface area contributed by atoms with Crippen LogP contribution in [0.4, 0.5) is 13.2 Å². The van der Waals surface area contributed by atoms with Crippen LogP contribution in [0.25, 0.3) is 0 Å². The Bertz CT molecular complexity index is 206. The molecule has 0 aliphatic heterocycles. The molecular formula is C7H13F3N2OS. The topological polar surface area (TPSA) is 55.1 Å². The van der Waals surface area contributed by atoms with Gasteiger partial charge in [-0.2, -0.15) is 13.2 Å². The van der Waals surface area contributed by atoms with Gasteiger partial charge in [-0.25, -0.2) is 0 Å². The number of hydrogen-bond acceptors (Lipinski definition) is 3. The molecule has 0 aliphatic carbocycles. The molecule has 3 N–H and O–H groups in total. The Morgan fingerprint density at radius 1 is 1.43 bits per heavy atom. The largest absolute Gasteiger partial charge is 0.441 e. The monoisotopic (exact) mass is 230 g/mol. The van der Waals surface area contributed by atoms with E-state index >= 15 is 0 Å². The molecule has 0 radical (unpaired) electrons. The van der Waals surface area contributed by atoms with Gasteiger partial charge >= 0.3 is 5.51 Å². The summed E-state index contributed by atoms with van der Waals surface area (Å²) in [7, 11) is 0. The van der Waals surface area contributed by atoms with E-state index in [9.17, 15) is 18.0 Å². The average molecular weight is 230 g/mol. The quantitative estimate of drug-likeness (QED) is 0.695. The Labute approximate surface area is 84.6 Å². The molecule has 0 unspecified atom stereocenters.